The SMILES string of the molecule is CC(=O)NC(CC(=O)N1CCC[C@@H]1C(=O)O)c1ccc(Cl)cc1. The van der Waals surface area contributed by atoms with E-state index in [1.807, 2.05) is 0 Å². The average molecular weight is 339 g/mol. The van der Waals surface area contributed by atoms with E-state index in [2.05, 4.69) is 5.32 Å². The summed E-state index contributed by atoms with van der Waals surface area (Å²) in [6, 6.07) is 5.58. The third-order valence-electron chi connectivity index (χ3n) is 3.89. The number of carboxylic acids is 1. The van der Waals surface area contributed by atoms with Gasteiger partial charge in [-0.15, -0.1) is 0 Å². The van der Waals surface area contributed by atoms with Crippen molar-refractivity contribution >= 4 is 29.4 Å². The van der Waals surface area contributed by atoms with Gasteiger partial charge < -0.3 is 15.3 Å². The van der Waals surface area contributed by atoms with E-state index >= 15 is 0 Å². The molecule has 2 N–H and O–H groups in total. The van der Waals surface area contributed by atoms with Crippen LogP contribution >= 0.6 is 11.6 Å². The average Bonchev–Trinajstić information content (AvgIpc) is 2.96. The van der Waals surface area contributed by atoms with Crippen molar-refractivity contribution in [1.29, 1.82) is 0 Å². The van der Waals surface area contributed by atoms with Crippen LogP contribution in [0.3, 0.4) is 0 Å². The number of likely N-dealkylation sites (tertiary alicyclic amines) is 1. The smallest absolute Gasteiger partial charge is 0.326 e. The number of nitrogens with zero attached hydrogens (tertiary/aromatic N) is 1. The molecule has 0 aromatic heterocycles. The second-order valence-corrected chi connectivity index (χ2v) is 6.03. The Labute approximate surface area is 139 Å². The fourth-order valence-electron chi connectivity index (χ4n) is 2.81. The molecule has 0 radical (unpaired) electrons. The minimum atomic E-state index is -0.988. The molecule has 2 rings (SSSR count). The van der Waals surface area contributed by atoms with Gasteiger partial charge >= 0.3 is 5.97 Å². The number of aliphatic carboxylic acids is 1. The van der Waals surface area contributed by atoms with Crippen LogP contribution in [0.5, 0.6) is 0 Å². The Morgan fingerprint density at radius 3 is 2.57 bits per heavy atom. The van der Waals surface area contributed by atoms with Gasteiger partial charge in [-0.3, -0.25) is 9.59 Å². The summed E-state index contributed by atoms with van der Waals surface area (Å²) < 4.78 is 0. The quantitative estimate of drug-likeness (QED) is 0.859. The number of benzene rings is 1. The fourth-order valence-corrected chi connectivity index (χ4v) is 2.93. The van der Waals surface area contributed by atoms with E-state index in [1.165, 1.54) is 11.8 Å². The van der Waals surface area contributed by atoms with Crippen LogP contribution in [0.2, 0.25) is 5.02 Å². The van der Waals surface area contributed by atoms with Crippen molar-refractivity contribution in [3.8, 4) is 0 Å². The number of nitrogens with one attached hydrogen (secondary N) is 1. The van der Waals surface area contributed by atoms with Crippen molar-refractivity contribution in [2.75, 3.05) is 6.54 Å². The summed E-state index contributed by atoms with van der Waals surface area (Å²) in [5.41, 5.74) is 0.754. The lowest BCUT2D eigenvalue weighted by molar-refractivity contribution is -0.148. The van der Waals surface area contributed by atoms with Gasteiger partial charge in [0.05, 0.1) is 12.5 Å². The molecular formula is C16H19ClN2O4. The van der Waals surface area contributed by atoms with Gasteiger partial charge in [-0.2, -0.15) is 0 Å². The van der Waals surface area contributed by atoms with E-state index in [0.29, 0.717) is 24.4 Å². The zero-order valence-corrected chi connectivity index (χ0v) is 13.5. The first-order valence-electron chi connectivity index (χ1n) is 7.43. The van der Waals surface area contributed by atoms with E-state index in [4.69, 9.17) is 11.6 Å². The fraction of sp³-hybridized carbons (Fsp3) is 0.438. The summed E-state index contributed by atoms with van der Waals surface area (Å²) >= 11 is 5.86. The highest BCUT2D eigenvalue weighted by molar-refractivity contribution is 6.30. The molecule has 1 aliphatic heterocycles. The maximum absolute atomic E-state index is 12.5. The van der Waals surface area contributed by atoms with Crippen molar-refractivity contribution < 1.29 is 19.5 Å². The highest BCUT2D eigenvalue weighted by atomic mass is 35.5. The summed E-state index contributed by atoms with van der Waals surface area (Å²) in [7, 11) is 0. The van der Waals surface area contributed by atoms with Gasteiger partial charge in [-0.05, 0) is 30.5 Å². The molecule has 0 aliphatic carbocycles. The summed E-state index contributed by atoms with van der Waals surface area (Å²) in [4.78, 5) is 36.5. The number of carbonyl (C=O) groups is 3. The Kier molecular flexibility index (Phi) is 5.60. The van der Waals surface area contributed by atoms with Crippen LogP contribution in [0.15, 0.2) is 24.3 Å². The van der Waals surface area contributed by atoms with Crippen LogP contribution in [0, 0.1) is 0 Å². The minimum Gasteiger partial charge on any atom is -0.480 e. The first-order valence-corrected chi connectivity index (χ1v) is 7.81. The lowest BCUT2D eigenvalue weighted by atomic mass is 10.0. The molecule has 7 heteroatoms. The summed E-state index contributed by atoms with van der Waals surface area (Å²) in [6.07, 6.45) is 1.16. The third kappa shape index (κ3) is 4.45. The van der Waals surface area contributed by atoms with Gasteiger partial charge in [-0.1, -0.05) is 23.7 Å². The van der Waals surface area contributed by atoms with Crippen LogP contribution < -0.4 is 5.32 Å². The Morgan fingerprint density at radius 2 is 2.00 bits per heavy atom. The van der Waals surface area contributed by atoms with Crippen LogP contribution in [0.4, 0.5) is 0 Å². The second-order valence-electron chi connectivity index (χ2n) is 5.59. The van der Waals surface area contributed by atoms with Gasteiger partial charge in [0.25, 0.3) is 0 Å². The van der Waals surface area contributed by atoms with E-state index in [1.54, 1.807) is 24.3 Å². The van der Waals surface area contributed by atoms with Crippen molar-refractivity contribution in [1.82, 2.24) is 10.2 Å². The normalized spacial score (nSPS) is 18.5. The standard InChI is InChI=1S/C16H19ClN2O4/c1-10(20)18-13(11-4-6-12(17)7-5-11)9-15(21)19-8-2-3-14(19)16(22)23/h4-7,13-14H,2-3,8-9H2,1H3,(H,18,20)(H,22,23)/t13?,14-/m1/s1. The first-order chi connectivity index (χ1) is 10.9. The van der Waals surface area contributed by atoms with Gasteiger partial charge in [-0.25, -0.2) is 4.79 Å². The predicted molar refractivity (Wildman–Crippen MR) is 85.0 cm³/mol. The number of rotatable bonds is 5. The van der Waals surface area contributed by atoms with E-state index in [-0.39, 0.29) is 18.2 Å². The third-order valence-corrected chi connectivity index (χ3v) is 4.14. The Bertz CT molecular complexity index is 603. The number of carboxylic acid groups (broad SMARTS) is 1. The minimum absolute atomic E-state index is 0.0188. The largest absolute Gasteiger partial charge is 0.480 e. The van der Waals surface area contributed by atoms with Crippen molar-refractivity contribution in [3.05, 3.63) is 34.9 Å². The van der Waals surface area contributed by atoms with Gasteiger partial charge in [0, 0.05) is 18.5 Å². The molecule has 1 unspecified atom stereocenters. The van der Waals surface area contributed by atoms with E-state index in [9.17, 15) is 19.5 Å². The molecule has 2 amide bonds. The molecular weight excluding hydrogens is 320 g/mol. The predicted octanol–water partition coefficient (Wildman–Crippen LogP) is 1.98. The Hall–Kier alpha value is -2.08. The van der Waals surface area contributed by atoms with Crippen LogP contribution in [-0.2, 0) is 14.4 Å². The van der Waals surface area contributed by atoms with Crippen molar-refractivity contribution in [2.24, 2.45) is 0 Å². The molecule has 2 atom stereocenters. The topological polar surface area (TPSA) is 86.7 Å². The molecule has 1 fully saturated rings. The number of halogens is 1. The number of amides is 2. The van der Waals surface area contributed by atoms with Gasteiger partial charge in [0.15, 0.2) is 0 Å². The molecule has 1 aromatic carbocycles. The molecule has 1 aromatic rings. The molecule has 0 spiro atoms. The Morgan fingerprint density at radius 1 is 1.35 bits per heavy atom. The summed E-state index contributed by atoms with van der Waals surface area (Å²) in [6.45, 7) is 1.81. The molecule has 0 bridgehead atoms. The molecule has 124 valence electrons. The summed E-state index contributed by atoms with van der Waals surface area (Å²) in [5, 5.41) is 12.5. The molecule has 23 heavy (non-hydrogen) atoms. The van der Waals surface area contributed by atoms with Gasteiger partial charge in [0.2, 0.25) is 11.8 Å². The highest BCUT2D eigenvalue weighted by Gasteiger charge is 2.34. The lowest BCUT2D eigenvalue weighted by Crippen LogP contribution is -2.42. The maximum Gasteiger partial charge on any atom is 0.326 e. The van der Waals surface area contributed by atoms with Crippen molar-refractivity contribution in [3.63, 3.8) is 0 Å². The highest BCUT2D eigenvalue weighted by Crippen LogP contribution is 2.24. The zero-order valence-electron chi connectivity index (χ0n) is 12.8. The van der Waals surface area contributed by atoms with Crippen molar-refractivity contribution in [2.45, 2.75) is 38.3 Å². The van der Waals surface area contributed by atoms with Crippen LogP contribution in [-0.4, -0.2) is 40.4 Å². The first kappa shape index (κ1) is 17.3. The van der Waals surface area contributed by atoms with Gasteiger partial charge in [0.1, 0.15) is 6.04 Å². The van der Waals surface area contributed by atoms with Crippen LogP contribution in [0.1, 0.15) is 37.8 Å². The Balaban J connectivity index is 2.14. The molecule has 0 saturated carbocycles. The van der Waals surface area contributed by atoms with Crippen LogP contribution in [0.25, 0.3) is 0 Å². The molecule has 1 heterocycles. The number of hydrogen-bond acceptors (Lipinski definition) is 3. The maximum atomic E-state index is 12.5. The monoisotopic (exact) mass is 338 g/mol. The lowest BCUT2D eigenvalue weighted by Gasteiger charge is -2.25. The zero-order chi connectivity index (χ0) is 17.0. The second kappa shape index (κ2) is 7.46. The molecule has 6 nitrogen and oxygen atoms in total. The van der Waals surface area contributed by atoms with E-state index in [0.717, 1.165) is 5.56 Å². The summed E-state index contributed by atoms with van der Waals surface area (Å²) in [5.74, 6) is -1.52. The molecule has 1 aliphatic rings. The number of hydrogen-bond donors (Lipinski definition) is 2. The number of carbonyl (C=O) groups excluding carboxylic acids is 2. The van der Waals surface area contributed by atoms with E-state index < -0.39 is 18.1 Å². The molecule has 1 saturated heterocycles.